The molecule has 0 aromatic heterocycles. The van der Waals surface area contributed by atoms with Crippen LogP contribution in [0.1, 0.15) is 24.3 Å². The van der Waals surface area contributed by atoms with E-state index in [0.29, 0.717) is 17.9 Å². The molecule has 0 saturated carbocycles. The Morgan fingerprint density at radius 2 is 1.91 bits per heavy atom. The Kier molecular flexibility index (Phi) is 5.01. The van der Waals surface area contributed by atoms with Crippen LogP contribution in [0.4, 0.5) is 0 Å². The van der Waals surface area contributed by atoms with Gasteiger partial charge < -0.3 is 15.5 Å². The highest BCUT2D eigenvalue weighted by molar-refractivity contribution is 6.30. The third-order valence-corrected chi connectivity index (χ3v) is 5.24. The van der Waals surface area contributed by atoms with Gasteiger partial charge in [-0.25, -0.2) is 0 Å². The summed E-state index contributed by atoms with van der Waals surface area (Å²) in [7, 11) is 1.98. The van der Waals surface area contributed by atoms with Gasteiger partial charge in [0.05, 0.1) is 0 Å². The lowest BCUT2D eigenvalue weighted by Crippen LogP contribution is -2.41. The molecule has 1 amide bonds. The van der Waals surface area contributed by atoms with Gasteiger partial charge in [0, 0.05) is 36.0 Å². The van der Waals surface area contributed by atoms with E-state index in [0.717, 1.165) is 44.0 Å². The van der Waals surface area contributed by atoms with Crippen molar-refractivity contribution in [1.82, 2.24) is 15.5 Å². The molecular formula is C17H24ClN3O. The van der Waals surface area contributed by atoms with E-state index in [1.807, 2.05) is 19.2 Å². The lowest BCUT2D eigenvalue weighted by atomic mass is 9.94. The van der Waals surface area contributed by atoms with Crippen LogP contribution in [0.2, 0.25) is 5.02 Å². The maximum Gasteiger partial charge on any atom is 0.225 e. The van der Waals surface area contributed by atoms with E-state index in [1.165, 1.54) is 5.56 Å². The molecular weight excluding hydrogens is 298 g/mol. The van der Waals surface area contributed by atoms with Crippen molar-refractivity contribution in [2.75, 3.05) is 33.2 Å². The summed E-state index contributed by atoms with van der Waals surface area (Å²) in [5.41, 5.74) is 1.25. The van der Waals surface area contributed by atoms with E-state index in [1.54, 1.807) is 0 Å². The monoisotopic (exact) mass is 321 g/mol. The Morgan fingerprint density at radius 3 is 2.55 bits per heavy atom. The van der Waals surface area contributed by atoms with Gasteiger partial charge in [0.1, 0.15) is 0 Å². The van der Waals surface area contributed by atoms with Crippen LogP contribution in [0.25, 0.3) is 0 Å². The summed E-state index contributed by atoms with van der Waals surface area (Å²) in [4.78, 5) is 14.8. The first kappa shape index (κ1) is 15.8. The standard InChI is InChI=1S/C17H24ClN3O/c1-19-16-11-21(17(22)13-6-8-20-9-7-13)10-15(16)12-2-4-14(18)5-3-12/h2-5,13,15-16,19-20H,6-11H2,1H3/t15-,16+/m1/s1. The zero-order valence-electron chi connectivity index (χ0n) is 13.0. The SMILES string of the molecule is CN[C@H]1CN(C(=O)C2CCNCC2)C[C@@H]1c1ccc(Cl)cc1. The van der Waals surface area contributed by atoms with Gasteiger partial charge in [0.2, 0.25) is 5.91 Å². The first-order chi connectivity index (χ1) is 10.7. The molecule has 120 valence electrons. The lowest BCUT2D eigenvalue weighted by Gasteiger charge is -2.26. The van der Waals surface area contributed by atoms with Crippen molar-refractivity contribution >= 4 is 17.5 Å². The number of nitrogens with one attached hydrogen (secondary N) is 2. The summed E-state index contributed by atoms with van der Waals surface area (Å²) in [6.45, 7) is 3.52. The molecule has 2 N–H and O–H groups in total. The molecule has 3 rings (SSSR count). The van der Waals surface area contributed by atoms with E-state index in [9.17, 15) is 4.79 Å². The number of amides is 1. The fourth-order valence-corrected chi connectivity index (χ4v) is 3.78. The minimum absolute atomic E-state index is 0.197. The molecule has 5 heteroatoms. The predicted molar refractivity (Wildman–Crippen MR) is 89.2 cm³/mol. The molecule has 2 heterocycles. The Hall–Kier alpha value is -1.10. The fourth-order valence-electron chi connectivity index (χ4n) is 3.65. The average Bonchev–Trinajstić information content (AvgIpc) is 3.00. The van der Waals surface area contributed by atoms with Crippen molar-refractivity contribution in [3.63, 3.8) is 0 Å². The Morgan fingerprint density at radius 1 is 1.23 bits per heavy atom. The van der Waals surface area contributed by atoms with Gasteiger partial charge in [-0.3, -0.25) is 4.79 Å². The van der Waals surface area contributed by atoms with Gasteiger partial charge in [-0.05, 0) is 50.7 Å². The van der Waals surface area contributed by atoms with Gasteiger partial charge >= 0.3 is 0 Å². The molecule has 22 heavy (non-hydrogen) atoms. The number of benzene rings is 1. The number of hydrogen-bond donors (Lipinski definition) is 2. The highest BCUT2D eigenvalue weighted by Gasteiger charge is 2.37. The normalized spacial score (nSPS) is 26.4. The Labute approximate surface area is 137 Å². The van der Waals surface area contributed by atoms with Crippen molar-refractivity contribution in [3.05, 3.63) is 34.9 Å². The molecule has 2 atom stereocenters. The number of rotatable bonds is 3. The summed E-state index contributed by atoms with van der Waals surface area (Å²) in [6.07, 6.45) is 1.93. The summed E-state index contributed by atoms with van der Waals surface area (Å²) in [5, 5.41) is 7.46. The van der Waals surface area contributed by atoms with Crippen molar-refractivity contribution in [3.8, 4) is 0 Å². The van der Waals surface area contributed by atoms with Crippen molar-refractivity contribution in [2.45, 2.75) is 24.8 Å². The van der Waals surface area contributed by atoms with Gasteiger partial charge in [0.15, 0.2) is 0 Å². The smallest absolute Gasteiger partial charge is 0.225 e. The van der Waals surface area contributed by atoms with Gasteiger partial charge in [-0.2, -0.15) is 0 Å². The summed E-state index contributed by atoms with van der Waals surface area (Å²) in [6, 6.07) is 8.33. The molecule has 0 unspecified atom stereocenters. The second-order valence-electron chi connectivity index (χ2n) is 6.32. The number of halogens is 1. The Balaban J connectivity index is 1.71. The molecule has 1 aromatic carbocycles. The largest absolute Gasteiger partial charge is 0.340 e. The number of nitrogens with zero attached hydrogens (tertiary/aromatic N) is 1. The van der Waals surface area contributed by atoms with Crippen molar-refractivity contribution < 1.29 is 4.79 Å². The highest BCUT2D eigenvalue weighted by Crippen LogP contribution is 2.30. The third kappa shape index (κ3) is 3.29. The van der Waals surface area contributed by atoms with E-state index >= 15 is 0 Å². The lowest BCUT2D eigenvalue weighted by molar-refractivity contribution is -0.135. The van der Waals surface area contributed by atoms with Crippen LogP contribution >= 0.6 is 11.6 Å². The molecule has 2 aliphatic rings. The molecule has 0 spiro atoms. The summed E-state index contributed by atoms with van der Waals surface area (Å²) >= 11 is 5.98. The first-order valence-electron chi connectivity index (χ1n) is 8.11. The number of carbonyl (C=O) groups is 1. The van der Waals surface area contributed by atoms with Crippen LogP contribution in [0.3, 0.4) is 0 Å². The predicted octanol–water partition coefficient (Wildman–Crippen LogP) is 1.85. The molecule has 4 nitrogen and oxygen atoms in total. The number of carbonyl (C=O) groups excluding carboxylic acids is 1. The van der Waals surface area contributed by atoms with Crippen molar-refractivity contribution in [2.24, 2.45) is 5.92 Å². The zero-order chi connectivity index (χ0) is 15.5. The van der Waals surface area contributed by atoms with E-state index < -0.39 is 0 Å². The average molecular weight is 322 g/mol. The number of likely N-dealkylation sites (tertiary alicyclic amines) is 1. The van der Waals surface area contributed by atoms with Crippen molar-refractivity contribution in [1.29, 1.82) is 0 Å². The summed E-state index contributed by atoms with van der Waals surface area (Å²) in [5.74, 6) is 0.869. The third-order valence-electron chi connectivity index (χ3n) is 4.99. The van der Waals surface area contributed by atoms with Crippen LogP contribution < -0.4 is 10.6 Å². The quantitative estimate of drug-likeness (QED) is 0.893. The van der Waals surface area contributed by atoms with Crippen LogP contribution in [0.5, 0.6) is 0 Å². The van der Waals surface area contributed by atoms with Crippen LogP contribution in [-0.4, -0.2) is 50.1 Å². The van der Waals surface area contributed by atoms with Crippen LogP contribution in [-0.2, 0) is 4.79 Å². The highest BCUT2D eigenvalue weighted by atomic mass is 35.5. The minimum atomic E-state index is 0.197. The molecule has 0 radical (unpaired) electrons. The molecule has 2 saturated heterocycles. The van der Waals surface area contributed by atoms with Gasteiger partial charge in [-0.15, -0.1) is 0 Å². The van der Waals surface area contributed by atoms with E-state index in [4.69, 9.17) is 11.6 Å². The van der Waals surface area contributed by atoms with Gasteiger partial charge in [0.25, 0.3) is 0 Å². The maximum atomic E-state index is 12.7. The van der Waals surface area contributed by atoms with E-state index in [-0.39, 0.29) is 5.92 Å². The summed E-state index contributed by atoms with van der Waals surface area (Å²) < 4.78 is 0. The van der Waals surface area contributed by atoms with Crippen LogP contribution in [0.15, 0.2) is 24.3 Å². The minimum Gasteiger partial charge on any atom is -0.340 e. The van der Waals surface area contributed by atoms with Gasteiger partial charge in [-0.1, -0.05) is 23.7 Å². The first-order valence-corrected chi connectivity index (χ1v) is 8.49. The topological polar surface area (TPSA) is 44.4 Å². The molecule has 0 bridgehead atoms. The number of piperidine rings is 1. The molecule has 2 fully saturated rings. The Bertz CT molecular complexity index is 513. The fraction of sp³-hybridized carbons (Fsp3) is 0.588. The molecule has 0 aliphatic carbocycles. The second-order valence-corrected chi connectivity index (χ2v) is 6.76. The molecule has 1 aromatic rings. The number of likely N-dealkylation sites (N-methyl/N-ethyl adjacent to an activating group) is 1. The second kappa shape index (κ2) is 6.99. The number of hydrogen-bond acceptors (Lipinski definition) is 3. The van der Waals surface area contributed by atoms with Crippen LogP contribution in [0, 0.1) is 5.92 Å². The zero-order valence-corrected chi connectivity index (χ0v) is 13.8. The maximum absolute atomic E-state index is 12.7. The molecule has 2 aliphatic heterocycles. The van der Waals surface area contributed by atoms with E-state index in [2.05, 4.69) is 27.7 Å².